The van der Waals surface area contributed by atoms with Gasteiger partial charge in [-0.05, 0) is 18.2 Å². The molecule has 26 heavy (non-hydrogen) atoms. The highest BCUT2D eigenvalue weighted by Crippen LogP contribution is 2.34. The monoisotopic (exact) mass is 348 g/mol. The number of benzene rings is 2. The van der Waals surface area contributed by atoms with Gasteiger partial charge < -0.3 is 9.84 Å². The van der Waals surface area contributed by atoms with Crippen molar-refractivity contribution in [3.8, 4) is 17.6 Å². The molecule has 7 heteroatoms. The van der Waals surface area contributed by atoms with Crippen LogP contribution in [-0.4, -0.2) is 28.1 Å². The molecule has 0 atom stereocenters. The predicted molar refractivity (Wildman–Crippen MR) is 93.8 cm³/mol. The average molecular weight is 348 g/mol. The van der Waals surface area contributed by atoms with Crippen molar-refractivity contribution >= 4 is 22.6 Å². The summed E-state index contributed by atoms with van der Waals surface area (Å²) in [6.45, 7) is 0. The zero-order valence-electron chi connectivity index (χ0n) is 13.6. The fourth-order valence-corrected chi connectivity index (χ4v) is 2.42. The van der Waals surface area contributed by atoms with Gasteiger partial charge in [0.15, 0.2) is 11.2 Å². The predicted octanol–water partition coefficient (Wildman–Crippen LogP) is 3.04. The first-order valence-corrected chi connectivity index (χ1v) is 7.48. The van der Waals surface area contributed by atoms with Crippen molar-refractivity contribution in [1.29, 1.82) is 0 Å². The van der Waals surface area contributed by atoms with Crippen molar-refractivity contribution in [2.24, 2.45) is 0 Å². The third-order valence-corrected chi connectivity index (χ3v) is 3.65. The highest BCUT2D eigenvalue weighted by atomic mass is 16.6. The molecular weight excluding hydrogens is 336 g/mol. The molecule has 1 aromatic heterocycles. The molecule has 2 aromatic carbocycles. The summed E-state index contributed by atoms with van der Waals surface area (Å²) in [5.74, 6) is 4.34. The molecule has 0 spiro atoms. The zero-order chi connectivity index (χ0) is 18.7. The second-order valence-corrected chi connectivity index (χ2v) is 5.22. The second kappa shape index (κ2) is 6.91. The first-order valence-electron chi connectivity index (χ1n) is 7.48. The van der Waals surface area contributed by atoms with Crippen molar-refractivity contribution in [3.05, 3.63) is 75.5 Å². The molecule has 7 nitrogen and oxygen atoms in total. The molecular formula is C19H12N2O5. The van der Waals surface area contributed by atoms with E-state index < -0.39 is 10.9 Å². The Bertz CT molecular complexity index is 1080. The molecule has 128 valence electrons. The van der Waals surface area contributed by atoms with Crippen LogP contribution in [-0.2, 0) is 4.74 Å². The second-order valence-electron chi connectivity index (χ2n) is 5.22. The summed E-state index contributed by atoms with van der Waals surface area (Å²) >= 11 is 0. The number of hydrogen-bond acceptors (Lipinski definition) is 6. The standard InChI is InChI=1S/C19H12N2O5/c1-26-19(23)17-14(11-10-12-6-3-2-4-7-12)18(22)13-8-5-9-15(21(24)25)16(13)20-17/h2-9H,1H3,(H,20,22). The van der Waals surface area contributed by atoms with Gasteiger partial charge in [0.2, 0.25) is 0 Å². The van der Waals surface area contributed by atoms with Crippen LogP contribution in [0.15, 0.2) is 48.5 Å². The summed E-state index contributed by atoms with van der Waals surface area (Å²) < 4.78 is 4.68. The van der Waals surface area contributed by atoms with Crippen molar-refractivity contribution < 1.29 is 19.6 Å². The average Bonchev–Trinajstić information content (AvgIpc) is 2.66. The molecule has 0 unspecified atom stereocenters. The minimum atomic E-state index is -0.849. The van der Waals surface area contributed by atoms with Crippen LogP contribution in [0, 0.1) is 22.0 Å². The van der Waals surface area contributed by atoms with Crippen LogP contribution in [0.5, 0.6) is 5.75 Å². The van der Waals surface area contributed by atoms with Gasteiger partial charge in [0.05, 0.1) is 17.4 Å². The number of aromatic nitrogens is 1. The van der Waals surface area contributed by atoms with E-state index in [1.165, 1.54) is 18.2 Å². The van der Waals surface area contributed by atoms with E-state index in [0.29, 0.717) is 5.56 Å². The Kier molecular flexibility index (Phi) is 4.50. The smallest absolute Gasteiger partial charge is 0.358 e. The Labute approximate surface area is 148 Å². The van der Waals surface area contributed by atoms with Crippen LogP contribution in [0.3, 0.4) is 0 Å². The van der Waals surface area contributed by atoms with Crippen LogP contribution in [0.1, 0.15) is 21.6 Å². The summed E-state index contributed by atoms with van der Waals surface area (Å²) in [5, 5.41) is 21.9. The van der Waals surface area contributed by atoms with E-state index in [-0.39, 0.29) is 33.6 Å². The summed E-state index contributed by atoms with van der Waals surface area (Å²) in [6.07, 6.45) is 0. The molecule has 0 saturated heterocycles. The lowest BCUT2D eigenvalue weighted by Gasteiger charge is -2.08. The summed E-state index contributed by atoms with van der Waals surface area (Å²) in [5.41, 5.74) is -0.100. The number of non-ortho nitro benzene ring substituents is 1. The van der Waals surface area contributed by atoms with Gasteiger partial charge in [0.25, 0.3) is 5.69 Å². The molecule has 0 amide bonds. The number of fused-ring (bicyclic) bond motifs is 1. The van der Waals surface area contributed by atoms with Gasteiger partial charge in [-0.15, -0.1) is 0 Å². The molecule has 0 fully saturated rings. The molecule has 0 bridgehead atoms. The van der Waals surface area contributed by atoms with Crippen LogP contribution in [0.25, 0.3) is 10.9 Å². The first-order chi connectivity index (χ1) is 12.5. The number of esters is 1. The van der Waals surface area contributed by atoms with Gasteiger partial charge in [-0.25, -0.2) is 9.78 Å². The number of nitro groups is 1. The summed E-state index contributed by atoms with van der Waals surface area (Å²) in [6, 6.07) is 13.1. The number of para-hydroxylation sites is 1. The van der Waals surface area contributed by atoms with Gasteiger partial charge in [0.1, 0.15) is 11.3 Å². The van der Waals surface area contributed by atoms with E-state index in [0.717, 1.165) is 7.11 Å². The topological polar surface area (TPSA) is 103 Å². The fourth-order valence-electron chi connectivity index (χ4n) is 2.42. The third kappa shape index (κ3) is 3.03. The number of methoxy groups -OCH3 is 1. The molecule has 0 aliphatic heterocycles. The molecule has 3 aromatic rings. The van der Waals surface area contributed by atoms with E-state index in [1.54, 1.807) is 24.3 Å². The van der Waals surface area contributed by atoms with Gasteiger partial charge in [0, 0.05) is 11.6 Å². The maximum Gasteiger partial charge on any atom is 0.358 e. The lowest BCUT2D eigenvalue weighted by atomic mass is 10.1. The van der Waals surface area contributed by atoms with E-state index >= 15 is 0 Å². The van der Waals surface area contributed by atoms with E-state index in [4.69, 9.17) is 0 Å². The highest BCUT2D eigenvalue weighted by molar-refractivity contribution is 6.00. The number of carbonyl (C=O) groups excluding carboxylic acids is 1. The number of rotatable bonds is 2. The molecule has 0 radical (unpaired) electrons. The largest absolute Gasteiger partial charge is 0.506 e. The molecule has 0 aliphatic rings. The summed E-state index contributed by atoms with van der Waals surface area (Å²) in [7, 11) is 1.15. The summed E-state index contributed by atoms with van der Waals surface area (Å²) in [4.78, 5) is 26.7. The minimum absolute atomic E-state index is 0.0475. The third-order valence-electron chi connectivity index (χ3n) is 3.65. The maximum absolute atomic E-state index is 12.1. The van der Waals surface area contributed by atoms with Gasteiger partial charge in [-0.2, -0.15) is 0 Å². The molecule has 1 heterocycles. The lowest BCUT2D eigenvalue weighted by molar-refractivity contribution is -0.383. The minimum Gasteiger partial charge on any atom is -0.506 e. The zero-order valence-corrected chi connectivity index (χ0v) is 13.6. The highest BCUT2D eigenvalue weighted by Gasteiger charge is 2.24. The van der Waals surface area contributed by atoms with Gasteiger partial charge in [-0.3, -0.25) is 10.1 Å². The molecule has 1 N–H and O–H groups in total. The van der Waals surface area contributed by atoms with Crippen molar-refractivity contribution in [1.82, 2.24) is 4.98 Å². The van der Waals surface area contributed by atoms with E-state index in [1.807, 2.05) is 6.07 Å². The Morgan fingerprint density at radius 2 is 1.88 bits per heavy atom. The van der Waals surface area contributed by atoms with Gasteiger partial charge >= 0.3 is 5.97 Å². The van der Waals surface area contributed by atoms with Crippen molar-refractivity contribution in [2.45, 2.75) is 0 Å². The Morgan fingerprint density at radius 1 is 1.15 bits per heavy atom. The number of carbonyl (C=O) groups is 1. The van der Waals surface area contributed by atoms with Crippen LogP contribution >= 0.6 is 0 Å². The Balaban J connectivity index is 2.31. The van der Waals surface area contributed by atoms with Crippen LogP contribution < -0.4 is 0 Å². The quantitative estimate of drug-likeness (QED) is 0.330. The number of nitro benzene ring substituents is 1. The number of pyridine rings is 1. The first kappa shape index (κ1) is 16.9. The van der Waals surface area contributed by atoms with Crippen molar-refractivity contribution in [3.63, 3.8) is 0 Å². The normalized spacial score (nSPS) is 10.0. The number of ether oxygens (including phenoxy) is 1. The van der Waals surface area contributed by atoms with Gasteiger partial charge in [-0.1, -0.05) is 36.1 Å². The van der Waals surface area contributed by atoms with E-state index in [2.05, 4.69) is 21.6 Å². The molecule has 3 rings (SSSR count). The number of aromatic hydroxyl groups is 1. The lowest BCUT2D eigenvalue weighted by Crippen LogP contribution is -2.08. The number of hydrogen-bond donors (Lipinski definition) is 1. The van der Waals surface area contributed by atoms with Crippen LogP contribution in [0.4, 0.5) is 5.69 Å². The SMILES string of the molecule is COC(=O)c1nc2c([N+](=O)[O-])cccc2c(O)c1C#Cc1ccccc1. The van der Waals surface area contributed by atoms with Crippen LogP contribution in [0.2, 0.25) is 0 Å². The fraction of sp³-hybridized carbons (Fsp3) is 0.0526. The Morgan fingerprint density at radius 3 is 2.54 bits per heavy atom. The van der Waals surface area contributed by atoms with E-state index in [9.17, 15) is 20.0 Å². The maximum atomic E-state index is 12.1. The Hall–Kier alpha value is -3.92. The molecule has 0 saturated carbocycles. The van der Waals surface area contributed by atoms with Crippen molar-refractivity contribution in [2.75, 3.05) is 7.11 Å². The number of nitrogens with zero attached hydrogens (tertiary/aromatic N) is 2. The molecule has 0 aliphatic carbocycles.